The van der Waals surface area contributed by atoms with Gasteiger partial charge in [0, 0.05) is 52.1 Å². The summed E-state index contributed by atoms with van der Waals surface area (Å²) in [7, 11) is -3.67. The van der Waals surface area contributed by atoms with Gasteiger partial charge >= 0.3 is 57.0 Å². The van der Waals surface area contributed by atoms with Gasteiger partial charge in [0.2, 0.25) is 0 Å². The van der Waals surface area contributed by atoms with Crippen LogP contribution in [0.2, 0.25) is 0 Å². The van der Waals surface area contributed by atoms with Crippen LogP contribution in [0.4, 0.5) is 136 Å². The molecule has 0 aromatic rings. The zero-order valence-corrected chi connectivity index (χ0v) is 33.3. The Morgan fingerprint density at radius 1 is 0.412 bits per heavy atom. The number of hydrogen-bond acceptors (Lipinski definition) is 6. The molecule has 1 fully saturated rings. The zero-order chi connectivity index (χ0) is 54.9. The number of aliphatic hydroxyl groups excluding tert-OH is 2. The zero-order valence-electron chi connectivity index (χ0n) is 33.3. The lowest BCUT2D eigenvalue weighted by Crippen LogP contribution is -2.53. The molecular weight excluding hydrogens is 1060 g/mol. The summed E-state index contributed by atoms with van der Waals surface area (Å²) in [5.74, 6) is 0. The van der Waals surface area contributed by atoms with Crippen molar-refractivity contribution in [1.29, 1.82) is 0 Å². The second-order valence-corrected chi connectivity index (χ2v) is 13.4. The van der Waals surface area contributed by atoms with Crippen molar-refractivity contribution in [3.8, 4) is 0 Å². The highest BCUT2D eigenvalue weighted by Gasteiger charge is 2.74. The van der Waals surface area contributed by atoms with Crippen molar-refractivity contribution in [2.75, 3.05) is 52.9 Å². The molecule has 1 unspecified atom stereocenters. The van der Waals surface area contributed by atoms with Gasteiger partial charge in [-0.15, -0.1) is 0 Å². The summed E-state index contributed by atoms with van der Waals surface area (Å²) >= 11 is 0. The second-order valence-electron chi connectivity index (χ2n) is 13.4. The van der Waals surface area contributed by atoms with E-state index >= 15 is 0 Å². The smallest absolute Gasteiger partial charge is 0.396 e. The van der Waals surface area contributed by atoms with E-state index in [-0.39, 0.29) is 19.3 Å². The number of epoxide rings is 1. The van der Waals surface area contributed by atoms with Crippen LogP contribution in [0.5, 0.6) is 0 Å². The van der Waals surface area contributed by atoms with E-state index in [1.807, 2.05) is 0 Å². The molecular formula is C30H36BF31O6. The molecule has 1 atom stereocenters. The van der Waals surface area contributed by atoms with E-state index in [0.717, 1.165) is 0 Å². The van der Waals surface area contributed by atoms with E-state index < -0.39 is 170 Å². The third-order valence-corrected chi connectivity index (χ3v) is 8.03. The maximum atomic E-state index is 13.3. The normalized spacial score (nSPS) is 16.1. The van der Waals surface area contributed by atoms with Crippen LogP contribution in [0.1, 0.15) is 51.4 Å². The fourth-order valence-electron chi connectivity index (χ4n) is 4.22. The first-order chi connectivity index (χ1) is 30.0. The summed E-state index contributed by atoms with van der Waals surface area (Å²) in [5.41, 5.74) is -21.4. The molecule has 0 saturated carbocycles. The lowest BCUT2D eigenvalue weighted by atomic mass is 9.98. The van der Waals surface area contributed by atoms with Crippen LogP contribution in [-0.4, -0.2) is 155 Å². The predicted octanol–water partition coefficient (Wildman–Crippen LogP) is 12.1. The Labute approximate surface area is 361 Å². The van der Waals surface area contributed by atoms with Crippen molar-refractivity contribution in [2.45, 2.75) is 136 Å². The molecule has 0 radical (unpaired) electrons. The minimum Gasteiger partial charge on any atom is -0.396 e. The average Bonchev–Trinajstić information content (AvgIpc) is 3.94. The minimum absolute atomic E-state index is 0.0946. The molecule has 68 heavy (non-hydrogen) atoms. The predicted molar refractivity (Wildman–Crippen MR) is 165 cm³/mol. The van der Waals surface area contributed by atoms with Crippen molar-refractivity contribution in [3.63, 3.8) is 0 Å². The highest BCUT2D eigenvalue weighted by molar-refractivity contribution is 6.33. The van der Waals surface area contributed by atoms with Crippen LogP contribution in [0.3, 0.4) is 0 Å². The van der Waals surface area contributed by atoms with Gasteiger partial charge in [-0.05, 0) is 25.7 Å². The van der Waals surface area contributed by atoms with Crippen molar-refractivity contribution >= 4 is 7.54 Å². The Hall–Kier alpha value is -2.35. The average molecular weight is 1090 g/mol. The van der Waals surface area contributed by atoms with Crippen molar-refractivity contribution in [3.05, 3.63) is 0 Å². The van der Waals surface area contributed by atoms with E-state index in [1.165, 1.54) is 0 Å². The molecule has 38 heteroatoms. The Morgan fingerprint density at radius 2 is 0.618 bits per heavy atom. The summed E-state index contributed by atoms with van der Waals surface area (Å²) in [6.07, 6.45) is -61.9. The maximum absolute atomic E-state index is 13.3. The molecule has 1 aliphatic heterocycles. The molecule has 2 N–H and O–H groups in total. The van der Waals surface area contributed by atoms with Gasteiger partial charge in [-0.1, -0.05) is 0 Å². The van der Waals surface area contributed by atoms with E-state index in [0.29, 0.717) is 6.61 Å². The molecule has 0 aromatic heterocycles. The molecule has 1 heterocycles. The van der Waals surface area contributed by atoms with Gasteiger partial charge in [0.05, 0.1) is 26.4 Å². The first-order valence-corrected chi connectivity index (χ1v) is 17.8. The van der Waals surface area contributed by atoms with Crippen LogP contribution in [0.25, 0.3) is 0 Å². The first-order valence-electron chi connectivity index (χ1n) is 17.8. The molecule has 0 bridgehead atoms. The lowest BCUT2D eigenvalue weighted by molar-refractivity contribution is -0.344. The molecule has 0 spiro atoms. The van der Waals surface area contributed by atoms with Gasteiger partial charge < -0.3 is 29.2 Å². The van der Waals surface area contributed by atoms with Gasteiger partial charge in [0.1, 0.15) is 12.2 Å². The van der Waals surface area contributed by atoms with E-state index in [1.54, 1.807) is 0 Å². The van der Waals surface area contributed by atoms with Gasteiger partial charge in [0.15, 0.2) is 0 Å². The SMILES string of the molecule is FB(F)F.FC(F)(F)C(F)(CCCOCC1CO1)C(F)(F)F.OC(COCCCC(F)(C(F)(F)F)C(F)(F)F)COCCCC(F)(C(F)(F)F)C(F)(F)F.OCCCC(F)(C(F)(F)F)C(F)(F)F. The van der Waals surface area contributed by atoms with Crippen molar-refractivity contribution < 1.29 is 165 Å². The van der Waals surface area contributed by atoms with Gasteiger partial charge in [-0.2, -0.15) is 105 Å². The van der Waals surface area contributed by atoms with Crippen LogP contribution < -0.4 is 0 Å². The number of hydrogen-bond donors (Lipinski definition) is 2. The maximum Gasteiger partial charge on any atom is 0.762 e. The van der Waals surface area contributed by atoms with Crippen LogP contribution in [0.15, 0.2) is 0 Å². The Balaban J connectivity index is -0.000000981. The van der Waals surface area contributed by atoms with Crippen LogP contribution in [0, 0.1) is 0 Å². The topological polar surface area (TPSA) is 80.7 Å². The fraction of sp³-hybridized carbons (Fsp3) is 1.00. The molecule has 6 nitrogen and oxygen atoms in total. The number of ether oxygens (including phenoxy) is 4. The van der Waals surface area contributed by atoms with Gasteiger partial charge in [-0.25, -0.2) is 17.6 Å². The monoisotopic (exact) mass is 1090 g/mol. The molecule has 412 valence electrons. The third-order valence-electron chi connectivity index (χ3n) is 8.03. The number of aliphatic hydroxyl groups is 2. The van der Waals surface area contributed by atoms with E-state index in [4.69, 9.17) is 14.6 Å². The van der Waals surface area contributed by atoms with Crippen LogP contribution >= 0.6 is 0 Å². The Kier molecular flexibility index (Phi) is 27.7. The largest absolute Gasteiger partial charge is 0.762 e. The number of rotatable bonds is 21. The molecule has 0 aromatic carbocycles. The fourth-order valence-corrected chi connectivity index (χ4v) is 4.22. The summed E-state index contributed by atoms with van der Waals surface area (Å²) in [6.45, 7) is -4.00. The quantitative estimate of drug-likeness (QED) is 0.0516. The van der Waals surface area contributed by atoms with E-state index in [2.05, 4.69) is 9.47 Å². The Bertz CT molecular complexity index is 1250. The summed E-state index contributed by atoms with van der Waals surface area (Å²) in [6, 6.07) is 0. The highest BCUT2D eigenvalue weighted by Crippen LogP contribution is 2.52. The second kappa shape index (κ2) is 26.9. The van der Waals surface area contributed by atoms with Crippen molar-refractivity contribution in [2.24, 2.45) is 0 Å². The third kappa shape index (κ3) is 22.8. The molecule has 0 amide bonds. The lowest BCUT2D eigenvalue weighted by Gasteiger charge is -2.30. The summed E-state index contributed by atoms with van der Waals surface area (Å²) in [5, 5.41) is 17.4. The van der Waals surface area contributed by atoms with Crippen molar-refractivity contribution in [1.82, 2.24) is 0 Å². The first kappa shape index (κ1) is 69.9. The number of halogens is 31. The van der Waals surface area contributed by atoms with Gasteiger partial charge in [0.25, 0.3) is 22.7 Å². The molecule has 1 rings (SSSR count). The molecule has 0 aliphatic carbocycles. The standard InChI is InChI=1S/C15H18F14O3.C9H11F7O2.C6H7F7O.BF3/c16-10(12(18,19)20,13(21,22)23)3-1-5-31-7-9(30)8-32-6-2-4-11(17,14(24,25)26)15(27,28)29;10-7(8(11,12)13,9(14,15)16)2-1-3-17-4-6-5-18-6;7-4(2-1-3-14,5(8,9)10)6(11,12)13;2-1(3)4/h9,30H,1-8H2;6H,1-5H2;14H,1-3H2;. The van der Waals surface area contributed by atoms with E-state index in [9.17, 15) is 141 Å². The molecule has 1 saturated heterocycles. The summed E-state index contributed by atoms with van der Waals surface area (Å²) in [4.78, 5) is 0. The minimum atomic E-state index is -6.23. The van der Waals surface area contributed by atoms with Crippen LogP contribution in [-0.2, 0) is 18.9 Å². The number of alkyl halides is 28. The molecule has 1 aliphatic rings. The highest BCUT2D eigenvalue weighted by atomic mass is 19.5. The summed E-state index contributed by atoms with van der Waals surface area (Å²) < 4.78 is 391. The van der Waals surface area contributed by atoms with Gasteiger partial charge in [-0.3, -0.25) is 12.9 Å². The Morgan fingerprint density at radius 3 is 0.809 bits per heavy atom.